The average molecular weight is 222 g/mol. The maximum atomic E-state index is 11.7. The monoisotopic (exact) mass is 222 g/mol. The Kier molecular flexibility index (Phi) is 3.28. The first kappa shape index (κ1) is 10.8. The van der Waals surface area contributed by atoms with E-state index in [2.05, 4.69) is 10.2 Å². The van der Waals surface area contributed by atoms with Crippen LogP contribution in [-0.2, 0) is 11.3 Å². The van der Waals surface area contributed by atoms with E-state index in [-0.39, 0.29) is 11.7 Å². The minimum absolute atomic E-state index is 0.161. The summed E-state index contributed by atoms with van der Waals surface area (Å²) in [6, 6.07) is 0. The molecule has 0 unspecified atom stereocenters. The molecule has 0 atom stereocenters. The van der Waals surface area contributed by atoms with Crippen LogP contribution in [0.2, 0.25) is 0 Å². The molecule has 86 valence electrons. The number of hydrogen-bond acceptors (Lipinski definition) is 4. The zero-order chi connectivity index (χ0) is 11.4. The van der Waals surface area contributed by atoms with Crippen LogP contribution in [0, 0.1) is 4.91 Å². The highest BCUT2D eigenvalue weighted by Gasteiger charge is 2.17. The van der Waals surface area contributed by atoms with Crippen LogP contribution in [0.25, 0.3) is 0 Å². The largest absolute Gasteiger partial charge is 0.343 e. The van der Waals surface area contributed by atoms with Crippen LogP contribution in [0.1, 0.15) is 19.3 Å². The van der Waals surface area contributed by atoms with Crippen LogP contribution in [0.15, 0.2) is 17.7 Å². The summed E-state index contributed by atoms with van der Waals surface area (Å²) in [6.07, 6.45) is 5.74. The van der Waals surface area contributed by atoms with Gasteiger partial charge in [-0.1, -0.05) is 0 Å². The van der Waals surface area contributed by atoms with Crippen LogP contribution in [0.4, 0.5) is 5.82 Å². The first-order chi connectivity index (χ1) is 7.79. The van der Waals surface area contributed by atoms with Gasteiger partial charge < -0.3 is 9.47 Å². The zero-order valence-electron chi connectivity index (χ0n) is 9.00. The van der Waals surface area contributed by atoms with Crippen molar-refractivity contribution >= 4 is 11.7 Å². The van der Waals surface area contributed by atoms with Gasteiger partial charge in [-0.05, 0) is 18.0 Å². The van der Waals surface area contributed by atoms with Crippen molar-refractivity contribution in [3.8, 4) is 0 Å². The molecule has 2 rings (SSSR count). The Hall–Kier alpha value is -1.72. The second-order valence-corrected chi connectivity index (χ2v) is 3.90. The van der Waals surface area contributed by atoms with Gasteiger partial charge in [-0.15, -0.1) is 4.91 Å². The Labute approximate surface area is 93.2 Å². The quantitative estimate of drug-likeness (QED) is 0.721. The van der Waals surface area contributed by atoms with Gasteiger partial charge in [0.1, 0.15) is 0 Å². The van der Waals surface area contributed by atoms with Gasteiger partial charge in [-0.2, -0.15) is 0 Å². The van der Waals surface area contributed by atoms with Gasteiger partial charge in [0.25, 0.3) is 0 Å². The Bertz CT molecular complexity index is 382. The lowest BCUT2D eigenvalue weighted by atomic mass is 10.3. The van der Waals surface area contributed by atoms with Crippen molar-refractivity contribution in [2.24, 2.45) is 5.18 Å². The summed E-state index contributed by atoms with van der Waals surface area (Å²) in [4.78, 5) is 27.5. The number of carbonyl (C=O) groups excluding carboxylic acids is 1. The van der Waals surface area contributed by atoms with Crippen molar-refractivity contribution in [2.75, 3.05) is 13.1 Å². The maximum absolute atomic E-state index is 11.7. The minimum Gasteiger partial charge on any atom is -0.343 e. The molecule has 0 aliphatic carbocycles. The highest BCUT2D eigenvalue weighted by Crippen LogP contribution is 2.10. The van der Waals surface area contributed by atoms with E-state index < -0.39 is 0 Å². The number of rotatable bonds is 4. The van der Waals surface area contributed by atoms with Crippen molar-refractivity contribution in [3.05, 3.63) is 17.4 Å². The Morgan fingerprint density at radius 2 is 2.19 bits per heavy atom. The molecular weight excluding hydrogens is 208 g/mol. The summed E-state index contributed by atoms with van der Waals surface area (Å²) in [6.45, 7) is 2.31. The Morgan fingerprint density at radius 3 is 2.81 bits per heavy atom. The molecule has 0 aromatic carbocycles. The Morgan fingerprint density at radius 1 is 1.44 bits per heavy atom. The standard InChI is InChI=1S/C10H14N4O2/c15-10(14-4-1-2-5-14)3-6-13-7-9(12-16)11-8-13/h7-8H,1-6H2. The van der Waals surface area contributed by atoms with E-state index in [0.29, 0.717) is 13.0 Å². The van der Waals surface area contributed by atoms with Gasteiger partial charge in [0.05, 0.1) is 12.5 Å². The van der Waals surface area contributed by atoms with Crippen LogP contribution < -0.4 is 0 Å². The van der Waals surface area contributed by atoms with Gasteiger partial charge in [0.15, 0.2) is 0 Å². The average Bonchev–Trinajstić information content (AvgIpc) is 2.96. The van der Waals surface area contributed by atoms with Crippen LogP contribution >= 0.6 is 0 Å². The van der Waals surface area contributed by atoms with Crippen molar-refractivity contribution < 1.29 is 4.79 Å². The molecule has 1 aliphatic heterocycles. The highest BCUT2D eigenvalue weighted by molar-refractivity contribution is 5.76. The number of aromatic nitrogens is 2. The maximum Gasteiger partial charge on any atom is 0.224 e. The molecule has 0 radical (unpaired) electrons. The van der Waals surface area contributed by atoms with Crippen LogP contribution in [0.3, 0.4) is 0 Å². The number of aryl methyl sites for hydroxylation is 1. The van der Waals surface area contributed by atoms with E-state index in [4.69, 9.17) is 0 Å². The molecule has 0 N–H and O–H groups in total. The lowest BCUT2D eigenvalue weighted by Crippen LogP contribution is -2.28. The second kappa shape index (κ2) is 4.87. The molecule has 1 aromatic rings. The van der Waals surface area contributed by atoms with E-state index in [1.807, 2.05) is 4.90 Å². The molecule has 1 aromatic heterocycles. The van der Waals surface area contributed by atoms with Gasteiger partial charge >= 0.3 is 0 Å². The predicted molar refractivity (Wildman–Crippen MR) is 58.1 cm³/mol. The fourth-order valence-corrected chi connectivity index (χ4v) is 1.87. The molecule has 0 bridgehead atoms. The van der Waals surface area contributed by atoms with Gasteiger partial charge in [0.2, 0.25) is 11.7 Å². The van der Waals surface area contributed by atoms with Gasteiger partial charge in [-0.3, -0.25) is 4.79 Å². The second-order valence-electron chi connectivity index (χ2n) is 3.90. The number of nitrogens with zero attached hydrogens (tertiary/aromatic N) is 4. The molecule has 6 nitrogen and oxygen atoms in total. The summed E-state index contributed by atoms with van der Waals surface area (Å²) in [5.74, 6) is 0.334. The summed E-state index contributed by atoms with van der Waals surface area (Å²) in [5.41, 5.74) is 0. The SMILES string of the molecule is O=Nc1cn(CCC(=O)N2CCCC2)cn1. The molecule has 6 heteroatoms. The van der Waals surface area contributed by atoms with E-state index in [9.17, 15) is 9.70 Å². The third-order valence-corrected chi connectivity index (χ3v) is 2.76. The fourth-order valence-electron chi connectivity index (χ4n) is 1.87. The molecule has 0 spiro atoms. The Balaban J connectivity index is 1.82. The lowest BCUT2D eigenvalue weighted by molar-refractivity contribution is -0.130. The molecule has 1 aliphatic rings. The first-order valence-corrected chi connectivity index (χ1v) is 5.42. The van der Waals surface area contributed by atoms with Crippen molar-refractivity contribution in [1.29, 1.82) is 0 Å². The number of amides is 1. The van der Waals surface area contributed by atoms with Crippen LogP contribution in [-0.4, -0.2) is 33.4 Å². The summed E-state index contributed by atoms with van der Waals surface area (Å²) < 4.78 is 1.71. The molecule has 0 saturated carbocycles. The molecule has 1 saturated heterocycles. The van der Waals surface area contributed by atoms with Gasteiger partial charge in [0, 0.05) is 26.1 Å². The number of imidazole rings is 1. The van der Waals surface area contributed by atoms with Crippen molar-refractivity contribution in [2.45, 2.75) is 25.8 Å². The molecule has 1 fully saturated rings. The van der Waals surface area contributed by atoms with Crippen molar-refractivity contribution in [1.82, 2.24) is 14.5 Å². The smallest absolute Gasteiger partial charge is 0.224 e. The molecule has 1 amide bonds. The highest BCUT2D eigenvalue weighted by atomic mass is 16.3. The van der Waals surface area contributed by atoms with E-state index >= 15 is 0 Å². The summed E-state index contributed by atoms with van der Waals surface area (Å²) in [7, 11) is 0. The van der Waals surface area contributed by atoms with E-state index in [1.54, 1.807) is 10.8 Å². The molecule has 2 heterocycles. The number of likely N-dealkylation sites (tertiary alicyclic amines) is 1. The zero-order valence-corrected chi connectivity index (χ0v) is 9.00. The number of nitroso groups, excluding NO2 is 1. The van der Waals surface area contributed by atoms with Gasteiger partial charge in [-0.25, -0.2) is 4.98 Å². The lowest BCUT2D eigenvalue weighted by Gasteiger charge is -2.14. The molecule has 16 heavy (non-hydrogen) atoms. The van der Waals surface area contributed by atoms with Crippen molar-refractivity contribution in [3.63, 3.8) is 0 Å². The third kappa shape index (κ3) is 2.44. The number of carbonyl (C=O) groups is 1. The summed E-state index contributed by atoms with van der Waals surface area (Å²) in [5, 5.41) is 2.72. The fraction of sp³-hybridized carbons (Fsp3) is 0.600. The van der Waals surface area contributed by atoms with E-state index in [1.165, 1.54) is 6.33 Å². The first-order valence-electron chi connectivity index (χ1n) is 5.42. The van der Waals surface area contributed by atoms with E-state index in [0.717, 1.165) is 25.9 Å². The number of hydrogen-bond donors (Lipinski definition) is 0. The summed E-state index contributed by atoms with van der Waals surface area (Å²) >= 11 is 0. The minimum atomic E-state index is 0.161. The normalized spacial score (nSPS) is 15.4. The molecular formula is C10H14N4O2. The third-order valence-electron chi connectivity index (χ3n) is 2.76. The van der Waals surface area contributed by atoms with Crippen LogP contribution in [0.5, 0.6) is 0 Å². The topological polar surface area (TPSA) is 67.6 Å². The predicted octanol–water partition coefficient (Wildman–Crippen LogP) is 1.29.